The molecule has 0 spiro atoms. The largest absolute Gasteiger partial charge is 0.368 e. The highest BCUT2D eigenvalue weighted by Gasteiger charge is 2.26. The first-order valence-electron chi connectivity index (χ1n) is 8.25. The molecule has 2 aliphatic rings. The topological polar surface area (TPSA) is 18.5 Å². The van der Waals surface area contributed by atoms with Crippen LogP contribution in [-0.4, -0.2) is 49.7 Å². The fourth-order valence-corrected chi connectivity index (χ4v) is 3.41. The Kier molecular flexibility index (Phi) is 5.04. The van der Waals surface area contributed by atoms with Crippen molar-refractivity contribution in [3.05, 3.63) is 29.3 Å². The Balaban J connectivity index is 1.52. The van der Waals surface area contributed by atoms with E-state index in [0.717, 1.165) is 43.8 Å². The van der Waals surface area contributed by atoms with Gasteiger partial charge < -0.3 is 10.2 Å². The van der Waals surface area contributed by atoms with Crippen LogP contribution in [0.1, 0.15) is 26.2 Å². The molecule has 1 saturated heterocycles. The van der Waals surface area contributed by atoms with Gasteiger partial charge >= 0.3 is 0 Å². The lowest BCUT2D eigenvalue weighted by Gasteiger charge is -2.40. The smallest absolute Gasteiger partial charge is 0.0639 e. The standard InChI is InChI=1S/C17H26ClN3/c1-2-15(13-19-14-7-8-14)20-9-11-21(12-10-20)17-6-4-3-5-16(17)18/h3-6,14-15,19H,2,7-13H2,1H3. The Morgan fingerprint density at radius 1 is 1.19 bits per heavy atom. The number of halogens is 1. The van der Waals surface area contributed by atoms with Crippen molar-refractivity contribution < 1.29 is 0 Å². The molecule has 1 heterocycles. The Labute approximate surface area is 133 Å². The maximum atomic E-state index is 6.31. The molecule has 4 heteroatoms. The fourth-order valence-electron chi connectivity index (χ4n) is 3.16. The van der Waals surface area contributed by atoms with Crippen molar-refractivity contribution in [3.63, 3.8) is 0 Å². The zero-order valence-electron chi connectivity index (χ0n) is 12.9. The van der Waals surface area contributed by atoms with Gasteiger partial charge in [0, 0.05) is 44.8 Å². The van der Waals surface area contributed by atoms with E-state index < -0.39 is 0 Å². The number of nitrogens with one attached hydrogen (secondary N) is 1. The van der Waals surface area contributed by atoms with Crippen LogP contribution >= 0.6 is 11.6 Å². The van der Waals surface area contributed by atoms with Crippen molar-refractivity contribution in [2.45, 2.75) is 38.3 Å². The molecule has 1 aromatic carbocycles. The molecule has 21 heavy (non-hydrogen) atoms. The van der Waals surface area contributed by atoms with Gasteiger partial charge in [0.25, 0.3) is 0 Å². The van der Waals surface area contributed by atoms with Crippen LogP contribution in [0, 0.1) is 0 Å². The second-order valence-corrected chi connectivity index (χ2v) is 6.63. The molecule has 116 valence electrons. The Morgan fingerprint density at radius 3 is 2.52 bits per heavy atom. The molecule has 1 saturated carbocycles. The minimum atomic E-state index is 0.680. The van der Waals surface area contributed by atoms with Gasteiger partial charge in [-0.3, -0.25) is 4.90 Å². The molecule has 0 aromatic heterocycles. The van der Waals surface area contributed by atoms with E-state index in [1.165, 1.54) is 24.9 Å². The fraction of sp³-hybridized carbons (Fsp3) is 0.647. The van der Waals surface area contributed by atoms with Gasteiger partial charge in [0.1, 0.15) is 0 Å². The van der Waals surface area contributed by atoms with Crippen LogP contribution < -0.4 is 10.2 Å². The minimum Gasteiger partial charge on any atom is -0.368 e. The highest BCUT2D eigenvalue weighted by molar-refractivity contribution is 6.33. The first-order chi connectivity index (χ1) is 10.3. The van der Waals surface area contributed by atoms with E-state index in [4.69, 9.17) is 11.6 Å². The van der Waals surface area contributed by atoms with Crippen LogP contribution in [0.5, 0.6) is 0 Å². The maximum Gasteiger partial charge on any atom is 0.0639 e. The number of hydrogen-bond donors (Lipinski definition) is 1. The van der Waals surface area contributed by atoms with Gasteiger partial charge in [-0.25, -0.2) is 0 Å². The van der Waals surface area contributed by atoms with Gasteiger partial charge in [0.2, 0.25) is 0 Å². The molecule has 1 N–H and O–H groups in total. The van der Waals surface area contributed by atoms with Crippen molar-refractivity contribution in [2.75, 3.05) is 37.6 Å². The molecule has 2 fully saturated rings. The summed E-state index contributed by atoms with van der Waals surface area (Å²) in [5.41, 5.74) is 1.18. The average Bonchev–Trinajstić information content (AvgIpc) is 3.33. The Hall–Kier alpha value is -0.770. The third-order valence-electron chi connectivity index (χ3n) is 4.71. The Morgan fingerprint density at radius 2 is 1.90 bits per heavy atom. The zero-order chi connectivity index (χ0) is 14.7. The van der Waals surface area contributed by atoms with Crippen LogP contribution in [0.15, 0.2) is 24.3 Å². The third kappa shape index (κ3) is 3.91. The SMILES string of the molecule is CCC(CNC1CC1)N1CCN(c2ccccc2Cl)CC1. The number of rotatable bonds is 6. The molecular weight excluding hydrogens is 282 g/mol. The van der Waals surface area contributed by atoms with Crippen LogP contribution in [-0.2, 0) is 0 Å². The molecule has 1 atom stereocenters. The molecule has 0 bridgehead atoms. The van der Waals surface area contributed by atoms with Crippen LogP contribution in [0.2, 0.25) is 5.02 Å². The predicted molar refractivity (Wildman–Crippen MR) is 90.3 cm³/mol. The van der Waals surface area contributed by atoms with E-state index >= 15 is 0 Å². The van der Waals surface area contributed by atoms with E-state index in [0.29, 0.717) is 6.04 Å². The van der Waals surface area contributed by atoms with Crippen molar-refractivity contribution in [1.29, 1.82) is 0 Å². The summed E-state index contributed by atoms with van der Waals surface area (Å²) in [6.45, 7) is 7.87. The van der Waals surface area contributed by atoms with Gasteiger partial charge in [-0.05, 0) is 31.4 Å². The number of hydrogen-bond acceptors (Lipinski definition) is 3. The average molecular weight is 308 g/mol. The first-order valence-corrected chi connectivity index (χ1v) is 8.62. The quantitative estimate of drug-likeness (QED) is 0.871. The normalized spacial score (nSPS) is 21.5. The van der Waals surface area contributed by atoms with Crippen LogP contribution in [0.25, 0.3) is 0 Å². The van der Waals surface area contributed by atoms with Gasteiger partial charge in [0.05, 0.1) is 10.7 Å². The van der Waals surface area contributed by atoms with Gasteiger partial charge in [0.15, 0.2) is 0 Å². The number of anilines is 1. The summed E-state index contributed by atoms with van der Waals surface area (Å²) in [6.07, 6.45) is 3.97. The van der Waals surface area contributed by atoms with Gasteiger partial charge in [-0.2, -0.15) is 0 Å². The molecular formula is C17H26ClN3. The third-order valence-corrected chi connectivity index (χ3v) is 5.03. The molecule has 3 rings (SSSR count). The number of piperazine rings is 1. The second kappa shape index (κ2) is 6.99. The molecule has 1 aliphatic carbocycles. The second-order valence-electron chi connectivity index (χ2n) is 6.22. The molecule has 1 aliphatic heterocycles. The lowest BCUT2D eigenvalue weighted by Crippen LogP contribution is -2.53. The molecule has 0 amide bonds. The van der Waals surface area contributed by atoms with Crippen LogP contribution in [0.3, 0.4) is 0 Å². The maximum absolute atomic E-state index is 6.31. The van der Waals surface area contributed by atoms with E-state index in [1.807, 2.05) is 12.1 Å². The van der Waals surface area contributed by atoms with E-state index in [2.05, 4.69) is 34.2 Å². The molecule has 1 unspecified atom stereocenters. The summed E-state index contributed by atoms with van der Waals surface area (Å²) >= 11 is 6.31. The first kappa shape index (κ1) is 15.1. The van der Waals surface area contributed by atoms with Crippen molar-refractivity contribution in [3.8, 4) is 0 Å². The number of benzene rings is 1. The van der Waals surface area contributed by atoms with Gasteiger partial charge in [-0.15, -0.1) is 0 Å². The van der Waals surface area contributed by atoms with Crippen molar-refractivity contribution in [2.24, 2.45) is 0 Å². The summed E-state index contributed by atoms with van der Waals surface area (Å²) < 4.78 is 0. The predicted octanol–water partition coefficient (Wildman–Crippen LogP) is 2.99. The van der Waals surface area contributed by atoms with Crippen LogP contribution in [0.4, 0.5) is 5.69 Å². The van der Waals surface area contributed by atoms with Crippen molar-refractivity contribution in [1.82, 2.24) is 10.2 Å². The monoisotopic (exact) mass is 307 g/mol. The highest BCUT2D eigenvalue weighted by Crippen LogP contribution is 2.26. The number of nitrogens with zero attached hydrogens (tertiary/aromatic N) is 2. The summed E-state index contributed by atoms with van der Waals surface area (Å²) in [6, 6.07) is 9.67. The summed E-state index contributed by atoms with van der Waals surface area (Å²) in [5, 5.41) is 4.55. The summed E-state index contributed by atoms with van der Waals surface area (Å²) in [4.78, 5) is 5.06. The summed E-state index contributed by atoms with van der Waals surface area (Å²) in [5.74, 6) is 0. The zero-order valence-corrected chi connectivity index (χ0v) is 13.6. The highest BCUT2D eigenvalue weighted by atomic mass is 35.5. The molecule has 1 aromatic rings. The number of para-hydroxylation sites is 1. The lowest BCUT2D eigenvalue weighted by atomic mass is 10.1. The minimum absolute atomic E-state index is 0.680. The van der Waals surface area contributed by atoms with E-state index in [-0.39, 0.29) is 0 Å². The molecule has 3 nitrogen and oxygen atoms in total. The van der Waals surface area contributed by atoms with E-state index in [1.54, 1.807) is 0 Å². The van der Waals surface area contributed by atoms with Crippen molar-refractivity contribution >= 4 is 17.3 Å². The van der Waals surface area contributed by atoms with E-state index in [9.17, 15) is 0 Å². The van der Waals surface area contributed by atoms with Gasteiger partial charge in [-0.1, -0.05) is 30.7 Å². The Bertz CT molecular complexity index is 453. The molecule has 0 radical (unpaired) electrons. The lowest BCUT2D eigenvalue weighted by molar-refractivity contribution is 0.176. The summed E-state index contributed by atoms with van der Waals surface area (Å²) in [7, 11) is 0.